The van der Waals surface area contributed by atoms with Crippen LogP contribution in [0.1, 0.15) is 19.9 Å². The van der Waals surface area contributed by atoms with Crippen LogP contribution in [-0.2, 0) is 0 Å². The predicted molar refractivity (Wildman–Crippen MR) is 64.6 cm³/mol. The highest BCUT2D eigenvalue weighted by Crippen LogP contribution is 2.24. The Bertz CT molecular complexity index is 527. The van der Waals surface area contributed by atoms with Crippen LogP contribution in [0.25, 0.3) is 0 Å². The van der Waals surface area contributed by atoms with Crippen LogP contribution in [-0.4, -0.2) is 14.8 Å². The van der Waals surface area contributed by atoms with E-state index in [1.54, 1.807) is 16.8 Å². The van der Waals surface area contributed by atoms with Gasteiger partial charge in [0.1, 0.15) is 11.6 Å². The number of nitrogens with zero attached hydrogens (tertiary/aromatic N) is 3. The number of hydrogen-bond donors (Lipinski definition) is 0. The maximum absolute atomic E-state index is 13.0. The summed E-state index contributed by atoms with van der Waals surface area (Å²) in [4.78, 5) is 4.08. The minimum absolute atomic E-state index is 0.109. The van der Waals surface area contributed by atoms with Crippen molar-refractivity contribution >= 4 is 15.9 Å². The van der Waals surface area contributed by atoms with Gasteiger partial charge in [-0.15, -0.1) is 5.10 Å². The van der Waals surface area contributed by atoms with E-state index >= 15 is 0 Å². The molecule has 0 atom stereocenters. The molecule has 0 aliphatic rings. The molecule has 0 aliphatic carbocycles. The van der Waals surface area contributed by atoms with Crippen LogP contribution < -0.4 is 4.74 Å². The van der Waals surface area contributed by atoms with E-state index < -0.39 is 0 Å². The molecule has 0 saturated heterocycles. The van der Waals surface area contributed by atoms with Crippen molar-refractivity contribution in [3.05, 3.63) is 34.8 Å². The number of halogens is 2. The van der Waals surface area contributed by atoms with Gasteiger partial charge in [-0.05, 0) is 41.9 Å². The van der Waals surface area contributed by atoms with Crippen LogP contribution in [0.2, 0.25) is 0 Å². The zero-order valence-electron chi connectivity index (χ0n) is 9.39. The molecule has 6 heteroatoms. The van der Waals surface area contributed by atoms with Gasteiger partial charge in [-0.3, -0.25) is 0 Å². The quantitative estimate of drug-likeness (QED) is 0.870. The Labute approximate surface area is 107 Å². The zero-order valence-corrected chi connectivity index (χ0v) is 11.0. The third-order valence-corrected chi connectivity index (χ3v) is 2.40. The van der Waals surface area contributed by atoms with E-state index in [4.69, 9.17) is 4.74 Å². The van der Waals surface area contributed by atoms with E-state index in [0.717, 1.165) is 0 Å². The third-order valence-electron chi connectivity index (χ3n) is 2.07. The van der Waals surface area contributed by atoms with Crippen molar-refractivity contribution in [1.82, 2.24) is 14.8 Å². The molecule has 0 N–H and O–H groups in total. The van der Waals surface area contributed by atoms with Crippen LogP contribution in [0, 0.1) is 5.82 Å². The normalized spacial score (nSPS) is 10.9. The summed E-state index contributed by atoms with van der Waals surface area (Å²) in [5.74, 6) is 0.0453. The largest absolute Gasteiger partial charge is 0.424 e. The fraction of sp³-hybridized carbons (Fsp3) is 0.273. The van der Waals surface area contributed by atoms with Gasteiger partial charge in [-0.2, -0.15) is 4.98 Å². The standard InChI is InChI=1S/C11H11BrFN3O/c1-7(2)16-11(14-10(12)15-16)17-9-5-3-4-8(13)6-9/h3-7H,1-2H3. The van der Waals surface area contributed by atoms with Crippen molar-refractivity contribution in [3.63, 3.8) is 0 Å². The fourth-order valence-corrected chi connectivity index (χ4v) is 1.65. The van der Waals surface area contributed by atoms with Gasteiger partial charge in [-0.25, -0.2) is 9.07 Å². The second-order valence-electron chi connectivity index (χ2n) is 3.76. The Balaban J connectivity index is 2.29. The van der Waals surface area contributed by atoms with E-state index in [2.05, 4.69) is 26.0 Å². The highest BCUT2D eigenvalue weighted by molar-refractivity contribution is 9.10. The Morgan fingerprint density at radius 1 is 1.41 bits per heavy atom. The molecule has 0 aliphatic heterocycles. The average Bonchev–Trinajstić information content (AvgIpc) is 2.59. The van der Waals surface area contributed by atoms with Crippen molar-refractivity contribution in [2.24, 2.45) is 0 Å². The number of aromatic nitrogens is 3. The minimum atomic E-state index is -0.350. The zero-order chi connectivity index (χ0) is 12.4. The molecule has 17 heavy (non-hydrogen) atoms. The van der Waals surface area contributed by atoms with Crippen molar-refractivity contribution in [3.8, 4) is 11.8 Å². The van der Waals surface area contributed by atoms with E-state index in [1.807, 2.05) is 13.8 Å². The Hall–Kier alpha value is -1.43. The summed E-state index contributed by atoms with van der Waals surface area (Å²) in [7, 11) is 0. The Morgan fingerprint density at radius 2 is 2.18 bits per heavy atom. The molecular formula is C11H11BrFN3O. The lowest BCUT2D eigenvalue weighted by Gasteiger charge is -2.09. The molecule has 0 spiro atoms. The van der Waals surface area contributed by atoms with Crippen molar-refractivity contribution in [2.45, 2.75) is 19.9 Å². The SMILES string of the molecule is CC(C)n1nc(Br)nc1Oc1cccc(F)c1. The number of benzene rings is 1. The lowest BCUT2D eigenvalue weighted by molar-refractivity contribution is 0.375. The molecule has 0 saturated carbocycles. The third kappa shape index (κ3) is 2.82. The number of ether oxygens (including phenoxy) is 1. The van der Waals surface area contributed by atoms with Crippen LogP contribution in [0.4, 0.5) is 4.39 Å². The molecule has 2 rings (SSSR count). The monoisotopic (exact) mass is 299 g/mol. The Morgan fingerprint density at radius 3 is 2.82 bits per heavy atom. The first-order valence-electron chi connectivity index (χ1n) is 5.11. The molecule has 0 radical (unpaired) electrons. The molecule has 1 aromatic carbocycles. The lowest BCUT2D eigenvalue weighted by Crippen LogP contribution is -2.05. The first kappa shape index (κ1) is 12.0. The molecule has 4 nitrogen and oxygen atoms in total. The molecule has 1 aromatic heterocycles. The summed E-state index contributed by atoms with van der Waals surface area (Å²) in [5, 5.41) is 4.13. The van der Waals surface area contributed by atoms with E-state index in [-0.39, 0.29) is 11.9 Å². The van der Waals surface area contributed by atoms with Crippen LogP contribution >= 0.6 is 15.9 Å². The van der Waals surface area contributed by atoms with Crippen LogP contribution in [0.3, 0.4) is 0 Å². The van der Waals surface area contributed by atoms with Crippen LogP contribution in [0.15, 0.2) is 29.0 Å². The molecule has 0 amide bonds. The first-order valence-corrected chi connectivity index (χ1v) is 5.91. The van der Waals surface area contributed by atoms with Crippen LogP contribution in [0.5, 0.6) is 11.8 Å². The van der Waals surface area contributed by atoms with Gasteiger partial charge in [0.2, 0.25) is 4.73 Å². The summed E-state index contributed by atoms with van der Waals surface area (Å²) >= 11 is 3.18. The summed E-state index contributed by atoms with van der Waals surface area (Å²) in [6.07, 6.45) is 0. The Kier molecular flexibility index (Phi) is 3.42. The van der Waals surface area contributed by atoms with Gasteiger partial charge in [0, 0.05) is 6.07 Å². The molecule has 0 fully saturated rings. The van der Waals surface area contributed by atoms with Crippen molar-refractivity contribution in [1.29, 1.82) is 0 Å². The average molecular weight is 300 g/mol. The smallest absolute Gasteiger partial charge is 0.321 e. The maximum atomic E-state index is 13.0. The maximum Gasteiger partial charge on any atom is 0.321 e. The second-order valence-corrected chi connectivity index (χ2v) is 4.47. The second kappa shape index (κ2) is 4.83. The van der Waals surface area contributed by atoms with E-state index in [0.29, 0.717) is 16.5 Å². The predicted octanol–water partition coefficient (Wildman–Crippen LogP) is 3.55. The van der Waals surface area contributed by atoms with Crippen molar-refractivity contribution in [2.75, 3.05) is 0 Å². The lowest BCUT2D eigenvalue weighted by atomic mass is 10.3. The van der Waals surface area contributed by atoms with Gasteiger partial charge in [0.25, 0.3) is 0 Å². The summed E-state index contributed by atoms with van der Waals surface area (Å²) < 4.78 is 20.6. The minimum Gasteiger partial charge on any atom is -0.424 e. The summed E-state index contributed by atoms with van der Waals surface area (Å²) in [5.41, 5.74) is 0. The summed E-state index contributed by atoms with van der Waals surface area (Å²) in [6, 6.07) is 6.34. The molecule has 1 heterocycles. The molecular weight excluding hydrogens is 289 g/mol. The fourth-order valence-electron chi connectivity index (χ4n) is 1.33. The van der Waals surface area contributed by atoms with E-state index in [9.17, 15) is 4.39 Å². The summed E-state index contributed by atoms with van der Waals surface area (Å²) in [6.45, 7) is 3.92. The van der Waals surface area contributed by atoms with Gasteiger partial charge >= 0.3 is 6.01 Å². The molecule has 90 valence electrons. The van der Waals surface area contributed by atoms with Gasteiger partial charge in [-0.1, -0.05) is 6.07 Å². The van der Waals surface area contributed by atoms with Gasteiger partial charge in [0.05, 0.1) is 6.04 Å². The first-order chi connectivity index (χ1) is 8.06. The van der Waals surface area contributed by atoms with Gasteiger partial charge < -0.3 is 4.74 Å². The molecule has 0 unspecified atom stereocenters. The number of hydrogen-bond acceptors (Lipinski definition) is 3. The topological polar surface area (TPSA) is 39.9 Å². The number of rotatable bonds is 3. The van der Waals surface area contributed by atoms with Crippen molar-refractivity contribution < 1.29 is 9.13 Å². The van der Waals surface area contributed by atoms with E-state index in [1.165, 1.54) is 12.1 Å². The highest BCUT2D eigenvalue weighted by atomic mass is 79.9. The highest BCUT2D eigenvalue weighted by Gasteiger charge is 2.13. The molecule has 0 bridgehead atoms. The van der Waals surface area contributed by atoms with Gasteiger partial charge in [0.15, 0.2) is 0 Å². The molecule has 2 aromatic rings.